The third-order valence-corrected chi connectivity index (χ3v) is 6.65. The molecule has 0 unspecified atom stereocenters. The monoisotopic (exact) mass is 466 g/mol. The summed E-state index contributed by atoms with van der Waals surface area (Å²) in [6, 6.07) is 6.18. The van der Waals surface area contributed by atoms with Crippen LogP contribution in [0.4, 0.5) is 13.2 Å². The van der Waals surface area contributed by atoms with E-state index in [0.717, 1.165) is 32.2 Å². The van der Waals surface area contributed by atoms with Crippen molar-refractivity contribution in [3.8, 4) is 17.1 Å². The van der Waals surface area contributed by atoms with Crippen molar-refractivity contribution in [2.45, 2.75) is 51.1 Å². The number of alkyl halides is 3. The number of imidazole rings is 1. The van der Waals surface area contributed by atoms with E-state index in [2.05, 4.69) is 14.6 Å². The molecule has 1 aromatic heterocycles. The number of rotatable bonds is 5. The number of likely N-dealkylation sites (tertiary alicyclic amines) is 2. The highest BCUT2D eigenvalue weighted by Crippen LogP contribution is 2.30. The molecule has 2 saturated heterocycles. The number of nitrogens with zero attached hydrogens (tertiary/aromatic N) is 4. The lowest BCUT2D eigenvalue weighted by Gasteiger charge is -2.39. The number of aliphatic hydroxyl groups excluding tert-OH is 1. The molecule has 1 N–H and O–H groups in total. The van der Waals surface area contributed by atoms with Crippen LogP contribution in [0.1, 0.15) is 41.9 Å². The molecule has 2 aromatic rings. The van der Waals surface area contributed by atoms with Crippen molar-refractivity contribution in [1.82, 2.24) is 19.4 Å². The van der Waals surface area contributed by atoms with E-state index in [9.17, 15) is 23.1 Å². The zero-order valence-corrected chi connectivity index (χ0v) is 18.8. The molecule has 0 radical (unpaired) electrons. The average Bonchev–Trinajstić information content (AvgIpc) is 3.36. The zero-order valence-electron chi connectivity index (χ0n) is 18.8. The molecule has 33 heavy (non-hydrogen) atoms. The van der Waals surface area contributed by atoms with Crippen LogP contribution < -0.4 is 4.74 Å². The second-order valence-corrected chi connectivity index (χ2v) is 8.74. The van der Waals surface area contributed by atoms with E-state index in [4.69, 9.17) is 0 Å². The third-order valence-electron chi connectivity index (χ3n) is 6.65. The number of carbonyl (C=O) groups excluding carboxylic acids is 1. The summed E-state index contributed by atoms with van der Waals surface area (Å²) in [5.74, 6) is -0.0602. The van der Waals surface area contributed by atoms with Gasteiger partial charge in [0.25, 0.3) is 5.91 Å². The summed E-state index contributed by atoms with van der Waals surface area (Å²) in [5, 5.41) is 9.61. The van der Waals surface area contributed by atoms with Gasteiger partial charge >= 0.3 is 6.36 Å². The summed E-state index contributed by atoms with van der Waals surface area (Å²) in [6.07, 6.45) is -0.972. The quantitative estimate of drug-likeness (QED) is 0.732. The van der Waals surface area contributed by atoms with Crippen LogP contribution in [0, 0.1) is 6.92 Å². The summed E-state index contributed by atoms with van der Waals surface area (Å²) in [7, 11) is 1.70. The molecule has 0 aliphatic carbocycles. The van der Waals surface area contributed by atoms with Crippen LogP contribution >= 0.6 is 0 Å². The number of hydrogen-bond acceptors (Lipinski definition) is 5. The number of carbonyl (C=O) groups is 1. The fraction of sp³-hybridized carbons (Fsp3) is 0.565. The number of aliphatic hydroxyl groups is 1. The van der Waals surface area contributed by atoms with Crippen molar-refractivity contribution in [2.75, 3.05) is 26.2 Å². The summed E-state index contributed by atoms with van der Waals surface area (Å²) in [5.41, 5.74) is 1.39. The lowest BCUT2D eigenvalue weighted by atomic mass is 10.0. The van der Waals surface area contributed by atoms with E-state index >= 15 is 0 Å². The highest BCUT2D eigenvalue weighted by Gasteiger charge is 2.35. The predicted octanol–water partition coefficient (Wildman–Crippen LogP) is 3.36. The van der Waals surface area contributed by atoms with Crippen LogP contribution in [0.15, 0.2) is 24.3 Å². The molecule has 180 valence electrons. The number of amides is 1. The van der Waals surface area contributed by atoms with Gasteiger partial charge in [0, 0.05) is 37.8 Å². The Balaban J connectivity index is 1.48. The van der Waals surface area contributed by atoms with Crippen molar-refractivity contribution < 1.29 is 27.8 Å². The standard InChI is InChI=1S/C23H29F3N4O3/c1-15-20(22(32)29-11-8-17(9-12-29)30-10-4-6-18(30)14-31)28(2)21(27-15)16-5-3-7-19(13-16)33-23(24,25)26/h3,5,7,13,17-18,31H,4,6,8-12,14H2,1-2H3/t18-/m0/s1. The van der Waals surface area contributed by atoms with E-state index < -0.39 is 6.36 Å². The predicted molar refractivity (Wildman–Crippen MR) is 116 cm³/mol. The molecule has 2 aliphatic heterocycles. The summed E-state index contributed by atoms with van der Waals surface area (Å²) < 4.78 is 43.4. The number of piperidine rings is 1. The molecular weight excluding hydrogens is 437 g/mol. The summed E-state index contributed by atoms with van der Waals surface area (Å²) in [4.78, 5) is 22.0. The number of ether oxygens (including phenoxy) is 1. The SMILES string of the molecule is Cc1nc(-c2cccc(OC(F)(F)F)c2)n(C)c1C(=O)N1CCC(N2CCC[C@H]2CO)CC1. The fourth-order valence-corrected chi connectivity index (χ4v) is 5.11. The first-order chi connectivity index (χ1) is 15.7. The lowest BCUT2D eigenvalue weighted by Crippen LogP contribution is -2.49. The van der Waals surface area contributed by atoms with Gasteiger partial charge in [-0.15, -0.1) is 13.2 Å². The molecule has 1 atom stereocenters. The maximum absolute atomic E-state index is 13.3. The van der Waals surface area contributed by atoms with E-state index in [0.29, 0.717) is 41.9 Å². The zero-order chi connectivity index (χ0) is 23.8. The summed E-state index contributed by atoms with van der Waals surface area (Å²) >= 11 is 0. The van der Waals surface area contributed by atoms with Crippen LogP contribution in [-0.4, -0.2) is 75.1 Å². The smallest absolute Gasteiger partial charge is 0.406 e. The number of aryl methyl sites for hydroxylation is 1. The van der Waals surface area contributed by atoms with Crippen LogP contribution in [0.5, 0.6) is 5.75 Å². The van der Waals surface area contributed by atoms with Gasteiger partial charge in [0.2, 0.25) is 0 Å². The first-order valence-electron chi connectivity index (χ1n) is 11.2. The Hall–Kier alpha value is -2.59. The van der Waals surface area contributed by atoms with Crippen molar-refractivity contribution >= 4 is 5.91 Å². The highest BCUT2D eigenvalue weighted by atomic mass is 19.4. The Morgan fingerprint density at radius 2 is 1.94 bits per heavy atom. The molecule has 4 rings (SSSR count). The molecule has 10 heteroatoms. The fourth-order valence-electron chi connectivity index (χ4n) is 5.11. The Bertz CT molecular complexity index is 999. The Labute approximate surface area is 190 Å². The highest BCUT2D eigenvalue weighted by molar-refractivity contribution is 5.94. The van der Waals surface area contributed by atoms with Gasteiger partial charge < -0.3 is 19.3 Å². The van der Waals surface area contributed by atoms with Crippen LogP contribution in [-0.2, 0) is 7.05 Å². The second kappa shape index (κ2) is 9.34. The second-order valence-electron chi connectivity index (χ2n) is 8.74. The van der Waals surface area contributed by atoms with Crippen molar-refractivity contribution in [2.24, 2.45) is 7.05 Å². The maximum Gasteiger partial charge on any atom is 0.573 e. The third kappa shape index (κ3) is 5.01. The molecule has 2 aliphatic rings. The molecule has 0 saturated carbocycles. The minimum absolute atomic E-state index is 0.130. The Morgan fingerprint density at radius 1 is 1.21 bits per heavy atom. The average molecular weight is 467 g/mol. The van der Waals surface area contributed by atoms with Crippen molar-refractivity contribution in [1.29, 1.82) is 0 Å². The normalized spacial score (nSPS) is 20.4. The van der Waals surface area contributed by atoms with E-state index in [-0.39, 0.29) is 24.3 Å². The molecule has 3 heterocycles. The van der Waals surface area contributed by atoms with E-state index in [1.807, 2.05) is 4.90 Å². The minimum atomic E-state index is -4.78. The largest absolute Gasteiger partial charge is 0.573 e. The first-order valence-corrected chi connectivity index (χ1v) is 11.2. The van der Waals surface area contributed by atoms with Gasteiger partial charge in [-0.05, 0) is 51.3 Å². The number of aromatic nitrogens is 2. The van der Waals surface area contributed by atoms with Gasteiger partial charge in [0.05, 0.1) is 12.3 Å². The molecule has 0 bridgehead atoms. The van der Waals surface area contributed by atoms with Gasteiger partial charge in [0.15, 0.2) is 0 Å². The van der Waals surface area contributed by atoms with Gasteiger partial charge in [-0.25, -0.2) is 4.98 Å². The van der Waals surface area contributed by atoms with Crippen LogP contribution in [0.3, 0.4) is 0 Å². The Morgan fingerprint density at radius 3 is 2.61 bits per heavy atom. The molecule has 1 aromatic carbocycles. The molecular formula is C23H29F3N4O3. The molecule has 2 fully saturated rings. The number of hydrogen-bond donors (Lipinski definition) is 1. The minimum Gasteiger partial charge on any atom is -0.406 e. The van der Waals surface area contributed by atoms with E-state index in [1.54, 1.807) is 24.6 Å². The van der Waals surface area contributed by atoms with Gasteiger partial charge in [-0.3, -0.25) is 9.69 Å². The van der Waals surface area contributed by atoms with Crippen LogP contribution in [0.2, 0.25) is 0 Å². The molecule has 7 nitrogen and oxygen atoms in total. The van der Waals surface area contributed by atoms with Crippen LogP contribution in [0.25, 0.3) is 11.4 Å². The van der Waals surface area contributed by atoms with Crippen molar-refractivity contribution in [3.05, 3.63) is 35.7 Å². The molecule has 1 amide bonds. The number of halogens is 3. The first kappa shape index (κ1) is 23.6. The van der Waals surface area contributed by atoms with E-state index in [1.165, 1.54) is 18.2 Å². The van der Waals surface area contributed by atoms with Gasteiger partial charge in [-0.1, -0.05) is 12.1 Å². The number of benzene rings is 1. The topological polar surface area (TPSA) is 70.8 Å². The Kier molecular flexibility index (Phi) is 6.67. The van der Waals surface area contributed by atoms with Crippen molar-refractivity contribution in [3.63, 3.8) is 0 Å². The summed E-state index contributed by atoms with van der Waals surface area (Å²) in [6.45, 7) is 4.13. The molecule has 0 spiro atoms. The lowest BCUT2D eigenvalue weighted by molar-refractivity contribution is -0.274. The van der Waals surface area contributed by atoms with Gasteiger partial charge in [-0.2, -0.15) is 0 Å². The maximum atomic E-state index is 13.3. The van der Waals surface area contributed by atoms with Gasteiger partial charge in [0.1, 0.15) is 17.3 Å².